The molecular weight excluding hydrogens is 378 g/mol. The van der Waals surface area contributed by atoms with Crippen molar-refractivity contribution >= 4 is 17.9 Å². The van der Waals surface area contributed by atoms with E-state index in [1.165, 1.54) is 0 Å². The van der Waals surface area contributed by atoms with E-state index in [4.69, 9.17) is 32.2 Å². The second kappa shape index (κ2) is 12.2. The first-order chi connectivity index (χ1) is 13.7. The van der Waals surface area contributed by atoms with Crippen LogP contribution in [0.4, 0.5) is 0 Å². The molecule has 0 bridgehead atoms. The van der Waals surface area contributed by atoms with E-state index in [-0.39, 0.29) is 13.0 Å². The summed E-state index contributed by atoms with van der Waals surface area (Å²) >= 11 is 0. The molecule has 0 saturated heterocycles. The van der Waals surface area contributed by atoms with Crippen LogP contribution in [0.15, 0.2) is 54.6 Å². The van der Waals surface area contributed by atoms with Crippen molar-refractivity contribution in [2.75, 3.05) is 6.54 Å². The minimum absolute atomic E-state index is 0.189. The van der Waals surface area contributed by atoms with Crippen molar-refractivity contribution in [1.29, 1.82) is 0 Å². The largest absolute Gasteiger partial charge is 0.480 e. The highest BCUT2D eigenvalue weighted by Gasteiger charge is 2.12. The number of carbonyl (C=O) groups excluding carboxylic acids is 1. The standard InChI is InChI=1S/C11H14N2O4.C9H11NO2/c12-6-10(14)17-8-3-1-7(2-4-8)5-9(13)11(15)16;10-8(9(11)12)6-7-4-2-1-3-5-7/h1-4,9H,5-6,12-13H2,(H,15,16);1-5,8H,6,10H2,(H,11,12)/t9-;8-/m00/s1. The van der Waals surface area contributed by atoms with Gasteiger partial charge in [-0.05, 0) is 36.1 Å². The Balaban J connectivity index is 0.000000308. The second-order valence-electron chi connectivity index (χ2n) is 6.11. The van der Waals surface area contributed by atoms with Crippen molar-refractivity contribution in [1.82, 2.24) is 0 Å². The zero-order chi connectivity index (χ0) is 21.8. The van der Waals surface area contributed by atoms with Gasteiger partial charge in [-0.3, -0.25) is 14.4 Å². The van der Waals surface area contributed by atoms with Gasteiger partial charge in [-0.25, -0.2) is 0 Å². The lowest BCUT2D eigenvalue weighted by atomic mass is 10.1. The number of esters is 1. The van der Waals surface area contributed by atoms with E-state index in [9.17, 15) is 14.4 Å². The van der Waals surface area contributed by atoms with Crippen LogP contribution in [0.25, 0.3) is 0 Å². The van der Waals surface area contributed by atoms with Crippen LogP contribution < -0.4 is 21.9 Å². The molecule has 156 valence electrons. The van der Waals surface area contributed by atoms with Gasteiger partial charge in [0.05, 0.1) is 6.54 Å². The average Bonchev–Trinajstić information content (AvgIpc) is 2.70. The maximum Gasteiger partial charge on any atom is 0.325 e. The van der Waals surface area contributed by atoms with Crippen molar-refractivity contribution in [2.45, 2.75) is 24.9 Å². The van der Waals surface area contributed by atoms with Crippen LogP contribution in [0.2, 0.25) is 0 Å². The molecule has 0 aliphatic rings. The molecule has 2 aromatic carbocycles. The van der Waals surface area contributed by atoms with E-state index < -0.39 is 30.0 Å². The van der Waals surface area contributed by atoms with Crippen molar-refractivity contribution in [2.24, 2.45) is 17.2 Å². The lowest BCUT2D eigenvalue weighted by molar-refractivity contribution is -0.139. The first-order valence-electron chi connectivity index (χ1n) is 8.73. The molecule has 2 aromatic rings. The van der Waals surface area contributed by atoms with Gasteiger partial charge in [-0.1, -0.05) is 42.5 Å². The van der Waals surface area contributed by atoms with E-state index >= 15 is 0 Å². The van der Waals surface area contributed by atoms with Gasteiger partial charge in [0.25, 0.3) is 0 Å². The minimum atomic E-state index is -1.05. The summed E-state index contributed by atoms with van der Waals surface area (Å²) in [4.78, 5) is 31.8. The number of carboxylic acids is 2. The Morgan fingerprint density at radius 2 is 1.24 bits per heavy atom. The Bertz CT molecular complexity index is 796. The monoisotopic (exact) mass is 403 g/mol. The quantitative estimate of drug-likeness (QED) is 0.303. The lowest BCUT2D eigenvalue weighted by Crippen LogP contribution is -2.32. The van der Waals surface area contributed by atoms with Gasteiger partial charge in [-0.15, -0.1) is 0 Å². The van der Waals surface area contributed by atoms with Gasteiger partial charge in [0.15, 0.2) is 0 Å². The molecule has 9 nitrogen and oxygen atoms in total. The van der Waals surface area contributed by atoms with Crippen LogP contribution in [0, 0.1) is 0 Å². The summed E-state index contributed by atoms with van der Waals surface area (Å²) in [6.07, 6.45) is 0.608. The third-order valence-electron chi connectivity index (χ3n) is 3.71. The number of benzene rings is 2. The summed E-state index contributed by atoms with van der Waals surface area (Å²) in [6.45, 7) is -0.189. The minimum Gasteiger partial charge on any atom is -0.480 e. The number of carboxylic acid groups (broad SMARTS) is 2. The van der Waals surface area contributed by atoms with Crippen molar-refractivity contribution in [3.05, 3.63) is 65.7 Å². The molecule has 0 heterocycles. The molecule has 0 aliphatic carbocycles. The highest BCUT2D eigenvalue weighted by Crippen LogP contribution is 2.13. The van der Waals surface area contributed by atoms with Crippen molar-refractivity contribution in [3.8, 4) is 5.75 Å². The number of aliphatic carboxylic acids is 2. The molecule has 0 fully saturated rings. The van der Waals surface area contributed by atoms with Gasteiger partial charge in [0, 0.05) is 0 Å². The maximum absolute atomic E-state index is 10.9. The number of ether oxygens (including phenoxy) is 1. The Hall–Kier alpha value is -3.27. The number of hydrogen-bond acceptors (Lipinski definition) is 7. The van der Waals surface area contributed by atoms with Crippen LogP contribution in [0.3, 0.4) is 0 Å². The van der Waals surface area contributed by atoms with Gasteiger partial charge in [0.2, 0.25) is 0 Å². The molecule has 0 unspecified atom stereocenters. The third kappa shape index (κ3) is 9.47. The summed E-state index contributed by atoms with van der Waals surface area (Å²) in [6, 6.07) is 14.0. The Morgan fingerprint density at radius 1 is 0.793 bits per heavy atom. The van der Waals surface area contributed by atoms with Crippen LogP contribution in [0.5, 0.6) is 5.75 Å². The number of nitrogens with two attached hydrogens (primary N) is 3. The fourth-order valence-corrected chi connectivity index (χ4v) is 2.16. The zero-order valence-corrected chi connectivity index (χ0v) is 15.7. The first-order valence-corrected chi connectivity index (χ1v) is 8.73. The van der Waals surface area contributed by atoms with Gasteiger partial charge < -0.3 is 32.2 Å². The molecule has 0 saturated carbocycles. The second-order valence-corrected chi connectivity index (χ2v) is 6.11. The fourth-order valence-electron chi connectivity index (χ4n) is 2.16. The molecule has 2 rings (SSSR count). The molecular formula is C20H25N3O6. The van der Waals surface area contributed by atoms with E-state index in [1.807, 2.05) is 30.3 Å². The SMILES string of the molecule is NCC(=O)Oc1ccc(C[C@H](N)C(=O)O)cc1.N[C@@H](Cc1ccccc1)C(=O)O. The van der Waals surface area contributed by atoms with E-state index in [1.54, 1.807) is 24.3 Å². The molecule has 8 N–H and O–H groups in total. The highest BCUT2D eigenvalue weighted by atomic mass is 16.5. The lowest BCUT2D eigenvalue weighted by Gasteiger charge is -2.07. The van der Waals surface area contributed by atoms with Crippen molar-refractivity contribution < 1.29 is 29.3 Å². The smallest absolute Gasteiger partial charge is 0.325 e. The molecule has 0 aromatic heterocycles. The van der Waals surface area contributed by atoms with Gasteiger partial charge >= 0.3 is 17.9 Å². The average molecular weight is 403 g/mol. The Morgan fingerprint density at radius 3 is 1.66 bits per heavy atom. The zero-order valence-electron chi connectivity index (χ0n) is 15.7. The van der Waals surface area contributed by atoms with Crippen LogP contribution >= 0.6 is 0 Å². The van der Waals surface area contributed by atoms with E-state index in [0.29, 0.717) is 12.2 Å². The third-order valence-corrected chi connectivity index (χ3v) is 3.71. The normalized spacial score (nSPS) is 12.1. The van der Waals surface area contributed by atoms with Crippen LogP contribution in [-0.4, -0.2) is 46.7 Å². The molecule has 0 spiro atoms. The van der Waals surface area contributed by atoms with Crippen molar-refractivity contribution in [3.63, 3.8) is 0 Å². The number of hydrogen-bond donors (Lipinski definition) is 5. The molecule has 29 heavy (non-hydrogen) atoms. The predicted molar refractivity (Wildman–Crippen MR) is 106 cm³/mol. The summed E-state index contributed by atoms with van der Waals surface area (Å²) in [5, 5.41) is 17.2. The van der Waals surface area contributed by atoms with Gasteiger partial charge in [-0.2, -0.15) is 0 Å². The number of rotatable bonds is 8. The van der Waals surface area contributed by atoms with Crippen LogP contribution in [0.1, 0.15) is 11.1 Å². The summed E-state index contributed by atoms with van der Waals surface area (Å²) in [7, 11) is 0. The Labute approximate surface area is 168 Å². The van der Waals surface area contributed by atoms with Gasteiger partial charge in [0.1, 0.15) is 17.8 Å². The summed E-state index contributed by atoms with van der Waals surface area (Å²) < 4.78 is 4.86. The van der Waals surface area contributed by atoms with E-state index in [0.717, 1.165) is 11.1 Å². The molecule has 0 aliphatic heterocycles. The summed E-state index contributed by atoms with van der Waals surface area (Å²) in [5.74, 6) is -2.17. The van der Waals surface area contributed by atoms with E-state index in [2.05, 4.69) is 0 Å². The maximum atomic E-state index is 10.9. The molecule has 0 radical (unpaired) electrons. The van der Waals surface area contributed by atoms with Crippen LogP contribution in [-0.2, 0) is 27.2 Å². The molecule has 0 amide bonds. The topological polar surface area (TPSA) is 179 Å². The Kier molecular flexibility index (Phi) is 10.0. The predicted octanol–water partition coefficient (Wildman–Crippen LogP) is 0.146. The number of carbonyl (C=O) groups is 3. The summed E-state index contributed by atoms with van der Waals surface area (Å²) in [5.41, 5.74) is 17.5. The first kappa shape index (κ1) is 23.8. The highest BCUT2D eigenvalue weighted by molar-refractivity contribution is 5.74. The molecule has 2 atom stereocenters. The fraction of sp³-hybridized carbons (Fsp3) is 0.250. The molecule has 9 heteroatoms.